The van der Waals surface area contributed by atoms with E-state index in [0.29, 0.717) is 31.4 Å². The van der Waals surface area contributed by atoms with Gasteiger partial charge in [0.1, 0.15) is 18.3 Å². The van der Waals surface area contributed by atoms with E-state index in [2.05, 4.69) is 15.1 Å². The normalized spacial score (nSPS) is 16.5. The summed E-state index contributed by atoms with van der Waals surface area (Å²) in [4.78, 5) is 22.8. The number of rotatable bonds is 4. The maximum absolute atomic E-state index is 12.8. The van der Waals surface area contributed by atoms with Crippen LogP contribution in [0.5, 0.6) is 6.01 Å². The predicted molar refractivity (Wildman–Crippen MR) is 88.9 cm³/mol. The van der Waals surface area contributed by atoms with Gasteiger partial charge in [-0.25, -0.2) is 9.97 Å². The topological polar surface area (TPSA) is 78.1 Å². The molecule has 1 amide bonds. The van der Waals surface area contributed by atoms with E-state index in [4.69, 9.17) is 4.74 Å². The van der Waals surface area contributed by atoms with Crippen molar-refractivity contribution >= 4 is 5.91 Å². The first-order valence-corrected chi connectivity index (χ1v) is 8.05. The number of aryl methyl sites for hydroxylation is 1. The minimum Gasteiger partial charge on any atom is -0.461 e. The van der Waals surface area contributed by atoms with Crippen LogP contribution in [0.3, 0.4) is 0 Å². The van der Waals surface area contributed by atoms with Gasteiger partial charge in [-0.1, -0.05) is 0 Å². The molecule has 0 saturated heterocycles. The number of carbonyl (C=O) groups is 1. The molecular weight excluding hydrogens is 320 g/mol. The van der Waals surface area contributed by atoms with Crippen molar-refractivity contribution in [2.24, 2.45) is 7.05 Å². The summed E-state index contributed by atoms with van der Waals surface area (Å²) in [5.41, 5.74) is 1.65. The molecule has 8 nitrogen and oxygen atoms in total. The van der Waals surface area contributed by atoms with Crippen molar-refractivity contribution in [3.63, 3.8) is 0 Å². The molecule has 0 radical (unpaired) electrons. The summed E-state index contributed by atoms with van der Waals surface area (Å²) in [5.74, 6) is 0.000844. The van der Waals surface area contributed by atoms with Crippen LogP contribution < -0.4 is 4.74 Å². The summed E-state index contributed by atoms with van der Waals surface area (Å²) in [6.07, 6.45) is 6.88. The molecule has 1 aliphatic heterocycles. The number of ether oxygens (including phenoxy) is 1. The molecule has 1 atom stereocenters. The Kier molecular flexibility index (Phi) is 3.93. The van der Waals surface area contributed by atoms with Crippen molar-refractivity contribution in [3.05, 3.63) is 60.4 Å². The van der Waals surface area contributed by atoms with E-state index in [0.717, 1.165) is 5.69 Å². The van der Waals surface area contributed by atoms with E-state index in [9.17, 15) is 4.79 Å². The number of aromatic nitrogens is 5. The SMILES string of the molecule is Cn1cccc1C(=O)N1Cc2ccnn2C(COc2ncccn2)C1. The number of hydrogen-bond donors (Lipinski definition) is 0. The fraction of sp³-hybridized carbons (Fsp3) is 0.294. The number of hydrogen-bond acceptors (Lipinski definition) is 5. The zero-order chi connectivity index (χ0) is 17.2. The van der Waals surface area contributed by atoms with Gasteiger partial charge in [0.05, 0.1) is 12.2 Å². The van der Waals surface area contributed by atoms with Crippen molar-refractivity contribution in [2.75, 3.05) is 13.2 Å². The van der Waals surface area contributed by atoms with E-state index < -0.39 is 0 Å². The quantitative estimate of drug-likeness (QED) is 0.716. The number of carbonyl (C=O) groups excluding carboxylic acids is 1. The summed E-state index contributed by atoms with van der Waals surface area (Å²) < 4.78 is 9.43. The van der Waals surface area contributed by atoms with Crippen molar-refractivity contribution in [3.8, 4) is 6.01 Å². The number of nitrogens with zero attached hydrogens (tertiary/aromatic N) is 6. The van der Waals surface area contributed by atoms with E-state index in [1.54, 1.807) is 24.7 Å². The molecule has 4 rings (SSSR count). The van der Waals surface area contributed by atoms with Gasteiger partial charge in [-0.05, 0) is 24.3 Å². The summed E-state index contributed by atoms with van der Waals surface area (Å²) >= 11 is 0. The molecule has 0 saturated carbocycles. The fourth-order valence-electron chi connectivity index (χ4n) is 3.04. The lowest BCUT2D eigenvalue weighted by molar-refractivity contribution is 0.0620. The van der Waals surface area contributed by atoms with Crippen LogP contribution in [-0.2, 0) is 13.6 Å². The van der Waals surface area contributed by atoms with Gasteiger partial charge in [-0.3, -0.25) is 9.48 Å². The van der Waals surface area contributed by atoms with Gasteiger partial charge >= 0.3 is 6.01 Å². The van der Waals surface area contributed by atoms with Crippen LogP contribution in [0.1, 0.15) is 22.2 Å². The van der Waals surface area contributed by atoms with Crippen LogP contribution in [0.25, 0.3) is 0 Å². The zero-order valence-electron chi connectivity index (χ0n) is 13.8. The molecule has 8 heteroatoms. The first kappa shape index (κ1) is 15.4. The molecule has 0 aliphatic carbocycles. The first-order chi connectivity index (χ1) is 12.2. The average Bonchev–Trinajstić information content (AvgIpc) is 3.28. The molecule has 0 fully saturated rings. The van der Waals surface area contributed by atoms with Gasteiger partial charge in [0, 0.05) is 38.4 Å². The summed E-state index contributed by atoms with van der Waals surface area (Å²) in [6.45, 7) is 1.39. The van der Waals surface area contributed by atoms with Crippen molar-refractivity contribution in [1.29, 1.82) is 0 Å². The number of amides is 1. The molecule has 3 aromatic rings. The highest BCUT2D eigenvalue weighted by atomic mass is 16.5. The van der Waals surface area contributed by atoms with Crippen LogP contribution in [0.15, 0.2) is 49.1 Å². The third-order valence-electron chi connectivity index (χ3n) is 4.28. The standard InChI is InChI=1S/C17H18N6O2/c1-21-9-2-4-15(21)16(24)22-10-13-5-8-20-23(13)14(11-22)12-25-17-18-6-3-7-19-17/h2-9,14H,10-12H2,1H3. The Morgan fingerprint density at radius 3 is 2.84 bits per heavy atom. The predicted octanol–water partition coefficient (Wildman–Crippen LogP) is 1.29. The molecule has 25 heavy (non-hydrogen) atoms. The van der Waals surface area contributed by atoms with Crippen molar-refractivity contribution < 1.29 is 9.53 Å². The molecule has 1 unspecified atom stereocenters. The highest BCUT2D eigenvalue weighted by Crippen LogP contribution is 2.22. The lowest BCUT2D eigenvalue weighted by atomic mass is 10.2. The van der Waals surface area contributed by atoms with Crippen LogP contribution in [0.2, 0.25) is 0 Å². The molecule has 128 valence electrons. The molecule has 4 heterocycles. The van der Waals surface area contributed by atoms with Crippen molar-refractivity contribution in [2.45, 2.75) is 12.6 Å². The number of fused-ring (bicyclic) bond motifs is 1. The molecule has 0 bridgehead atoms. The van der Waals surface area contributed by atoms with Crippen LogP contribution in [0, 0.1) is 0 Å². The van der Waals surface area contributed by atoms with Gasteiger partial charge in [0.25, 0.3) is 5.91 Å². The Morgan fingerprint density at radius 1 is 1.24 bits per heavy atom. The van der Waals surface area contributed by atoms with Crippen molar-refractivity contribution in [1.82, 2.24) is 29.2 Å². The molecule has 0 spiro atoms. The Balaban J connectivity index is 1.53. The summed E-state index contributed by atoms with van der Waals surface area (Å²) in [6, 6.07) is 7.59. The van der Waals surface area contributed by atoms with E-state index in [1.807, 2.05) is 45.6 Å². The maximum atomic E-state index is 12.8. The first-order valence-electron chi connectivity index (χ1n) is 8.05. The molecule has 3 aromatic heterocycles. The van der Waals surface area contributed by atoms with E-state index >= 15 is 0 Å². The highest BCUT2D eigenvalue weighted by Gasteiger charge is 2.30. The monoisotopic (exact) mass is 338 g/mol. The maximum Gasteiger partial charge on any atom is 0.316 e. The second kappa shape index (κ2) is 6.39. The van der Waals surface area contributed by atoms with Crippen LogP contribution >= 0.6 is 0 Å². The van der Waals surface area contributed by atoms with Crippen LogP contribution in [0.4, 0.5) is 0 Å². The molecule has 0 aromatic carbocycles. The Hall–Kier alpha value is -3.16. The minimum absolute atomic E-state index is 0.000844. The minimum atomic E-state index is -0.0909. The fourth-order valence-corrected chi connectivity index (χ4v) is 3.04. The smallest absolute Gasteiger partial charge is 0.316 e. The second-order valence-electron chi connectivity index (χ2n) is 5.95. The van der Waals surface area contributed by atoms with Gasteiger partial charge in [0.2, 0.25) is 0 Å². The Labute approximate surface area is 144 Å². The average molecular weight is 338 g/mol. The lowest BCUT2D eigenvalue weighted by Crippen LogP contribution is -2.43. The van der Waals surface area contributed by atoms with E-state index in [-0.39, 0.29) is 11.9 Å². The van der Waals surface area contributed by atoms with Gasteiger partial charge in [-0.2, -0.15) is 5.10 Å². The van der Waals surface area contributed by atoms with Gasteiger partial charge in [-0.15, -0.1) is 0 Å². The molecule has 0 N–H and O–H groups in total. The largest absolute Gasteiger partial charge is 0.461 e. The van der Waals surface area contributed by atoms with E-state index in [1.165, 1.54) is 0 Å². The lowest BCUT2D eigenvalue weighted by Gasteiger charge is -2.33. The molecular formula is C17H18N6O2. The van der Waals surface area contributed by atoms with Gasteiger partial charge < -0.3 is 14.2 Å². The van der Waals surface area contributed by atoms with Crippen LogP contribution in [-0.4, -0.2) is 48.3 Å². The second-order valence-corrected chi connectivity index (χ2v) is 5.95. The summed E-state index contributed by atoms with van der Waals surface area (Å²) in [5, 5.41) is 4.38. The Bertz CT molecular complexity index is 872. The zero-order valence-corrected chi connectivity index (χ0v) is 13.8. The third kappa shape index (κ3) is 2.98. The summed E-state index contributed by atoms with van der Waals surface area (Å²) in [7, 11) is 1.87. The van der Waals surface area contributed by atoms with Gasteiger partial charge in [0.15, 0.2) is 0 Å². The third-order valence-corrected chi connectivity index (χ3v) is 4.28. The molecule has 1 aliphatic rings. The highest BCUT2D eigenvalue weighted by molar-refractivity contribution is 5.92. The Morgan fingerprint density at radius 2 is 2.08 bits per heavy atom.